The number of furan rings is 2. The molecule has 3 aliphatic carbocycles. The molecule has 4 amide bonds. The summed E-state index contributed by atoms with van der Waals surface area (Å²) in [6.45, 7) is 4.71. The average Bonchev–Trinajstić information content (AvgIpc) is 4.00. The molecule has 64 heavy (non-hydrogen) atoms. The van der Waals surface area contributed by atoms with Crippen molar-refractivity contribution in [2.24, 2.45) is 11.8 Å². The topological polar surface area (TPSA) is 183 Å². The van der Waals surface area contributed by atoms with E-state index in [2.05, 4.69) is 25.2 Å². The summed E-state index contributed by atoms with van der Waals surface area (Å²) in [5, 5.41) is 4.44. The molecular weight excluding hydrogens is 874 g/mol. The molecule has 4 bridgehead atoms. The first-order chi connectivity index (χ1) is 30.6. The van der Waals surface area contributed by atoms with Gasteiger partial charge >= 0.3 is 18.2 Å². The van der Waals surface area contributed by atoms with Gasteiger partial charge in [-0.1, -0.05) is 18.2 Å². The summed E-state index contributed by atoms with van der Waals surface area (Å²) in [6.07, 6.45) is 3.05. The number of aryl methyl sites for hydroxylation is 1. The van der Waals surface area contributed by atoms with Crippen LogP contribution in [0.1, 0.15) is 119 Å². The molecule has 0 radical (unpaired) electrons. The number of sulfonamides is 2. The zero-order valence-electron chi connectivity index (χ0n) is 35.0. The van der Waals surface area contributed by atoms with E-state index in [0.29, 0.717) is 54.3 Å². The maximum Gasteiger partial charge on any atom is 0.418 e. The lowest BCUT2D eigenvalue weighted by Gasteiger charge is -2.42. The second-order valence-corrected chi connectivity index (χ2v) is 22.0. The first-order valence-electron chi connectivity index (χ1n) is 22.3. The first-order valence-corrected chi connectivity index (χ1v) is 25.3. The fraction of sp³-hybridized carbons (Fsp3) is 0.511. The van der Waals surface area contributed by atoms with Crippen LogP contribution >= 0.6 is 0 Å². The van der Waals surface area contributed by atoms with Crippen molar-refractivity contribution in [1.82, 2.24) is 19.2 Å². The lowest BCUT2D eigenvalue weighted by Crippen LogP contribution is -2.36. The molecule has 6 aliphatic heterocycles. The summed E-state index contributed by atoms with van der Waals surface area (Å²) >= 11 is 0. The normalized spacial score (nSPS) is 26.8. The number of nitrogens with zero attached hydrogens (tertiary/aromatic N) is 2. The first kappa shape index (κ1) is 41.8. The Morgan fingerprint density at radius 1 is 0.641 bits per heavy atom. The third-order valence-corrected chi connectivity index (χ3v) is 17.5. The molecule has 4 aromatic rings. The Bertz CT molecular complexity index is 2810. The van der Waals surface area contributed by atoms with E-state index in [1.54, 1.807) is 0 Å². The molecule has 4 N–H and O–H groups in total. The van der Waals surface area contributed by atoms with Crippen molar-refractivity contribution in [1.29, 1.82) is 0 Å². The van der Waals surface area contributed by atoms with Gasteiger partial charge in [0.25, 0.3) is 20.0 Å². The molecule has 0 spiro atoms. The van der Waals surface area contributed by atoms with E-state index in [1.165, 1.54) is 18.2 Å². The van der Waals surface area contributed by atoms with Crippen molar-refractivity contribution in [3.63, 3.8) is 0 Å². The number of hydrogen-bond acceptors (Lipinski definition) is 10. The SMILES string of the molecule is O=C(Nc1c(C2CCC2C2Cc3ccc(C(F)(F)F)c(NC(=O)NS(=O)(=O)c4cc5c(o4)C4CCN(CC4)C5)c3C2)ccc2c1CCC2)NS(=O)(=O)c1cc2c(o1)C1CCN(CC1)C2. The molecule has 19 heteroatoms. The third kappa shape index (κ3) is 7.39. The number of benzene rings is 2. The monoisotopic (exact) mass is 922 g/mol. The minimum Gasteiger partial charge on any atom is -0.447 e. The molecule has 3 fully saturated rings. The molecule has 340 valence electrons. The van der Waals surface area contributed by atoms with Gasteiger partial charge in [0.15, 0.2) is 0 Å². The van der Waals surface area contributed by atoms with Gasteiger partial charge in [-0.05, 0) is 148 Å². The molecule has 9 aliphatic rings. The summed E-state index contributed by atoms with van der Waals surface area (Å²) in [5.41, 5.74) is 4.32. The van der Waals surface area contributed by atoms with Gasteiger partial charge in [0.2, 0.25) is 10.2 Å². The molecule has 14 nitrogen and oxygen atoms in total. The molecule has 8 heterocycles. The highest BCUT2D eigenvalue weighted by atomic mass is 32.2. The van der Waals surface area contributed by atoms with Crippen molar-refractivity contribution in [3.8, 4) is 0 Å². The van der Waals surface area contributed by atoms with Gasteiger partial charge in [0.05, 0.1) is 11.3 Å². The van der Waals surface area contributed by atoms with Crippen LogP contribution in [0.15, 0.2) is 55.4 Å². The Morgan fingerprint density at radius 3 is 1.75 bits per heavy atom. The number of piperidine rings is 2. The van der Waals surface area contributed by atoms with Gasteiger partial charge in [-0.15, -0.1) is 0 Å². The van der Waals surface area contributed by atoms with Gasteiger partial charge in [-0.25, -0.2) is 19.0 Å². The summed E-state index contributed by atoms with van der Waals surface area (Å²) < 4.78 is 114. The minimum absolute atomic E-state index is 0.0130. The molecule has 2 aromatic heterocycles. The number of fused-ring (bicyclic) bond motifs is 6. The number of hydrogen-bond donors (Lipinski definition) is 4. The van der Waals surface area contributed by atoms with E-state index >= 15 is 0 Å². The second kappa shape index (κ2) is 15.4. The Kier molecular flexibility index (Phi) is 10.0. The van der Waals surface area contributed by atoms with Crippen LogP contribution in [0.5, 0.6) is 0 Å². The predicted octanol–water partition coefficient (Wildman–Crippen LogP) is 7.70. The van der Waals surface area contributed by atoms with Crippen LogP contribution in [0.3, 0.4) is 0 Å². The Labute approximate surface area is 368 Å². The Hall–Kier alpha value is -4.85. The van der Waals surface area contributed by atoms with Crippen molar-refractivity contribution in [2.75, 3.05) is 36.8 Å². The van der Waals surface area contributed by atoms with Crippen LogP contribution in [0.25, 0.3) is 0 Å². The van der Waals surface area contributed by atoms with Crippen LogP contribution in [0.4, 0.5) is 34.1 Å². The highest BCUT2D eigenvalue weighted by Crippen LogP contribution is 2.54. The van der Waals surface area contributed by atoms with Crippen molar-refractivity contribution < 1.29 is 48.4 Å². The average molecular weight is 923 g/mol. The number of amides is 4. The number of carbonyl (C=O) groups is 2. The van der Waals surface area contributed by atoms with Gasteiger partial charge in [-0.2, -0.15) is 30.0 Å². The zero-order chi connectivity index (χ0) is 44.3. The van der Waals surface area contributed by atoms with Crippen LogP contribution in [-0.4, -0.2) is 64.9 Å². The fourth-order valence-corrected chi connectivity index (χ4v) is 13.7. The van der Waals surface area contributed by atoms with E-state index in [-0.39, 0.29) is 41.1 Å². The summed E-state index contributed by atoms with van der Waals surface area (Å²) in [4.78, 5) is 31.5. The van der Waals surface area contributed by atoms with E-state index in [9.17, 15) is 39.6 Å². The van der Waals surface area contributed by atoms with Crippen molar-refractivity contribution in [2.45, 2.75) is 118 Å². The van der Waals surface area contributed by atoms with E-state index in [1.807, 2.05) is 16.9 Å². The van der Waals surface area contributed by atoms with E-state index in [4.69, 9.17) is 8.83 Å². The van der Waals surface area contributed by atoms with Gasteiger partial charge in [0.1, 0.15) is 11.5 Å². The number of rotatable bonds is 8. The standard InChI is InChI=1S/C45H49F3N6O8S2/c46-45(47,48)36-9-5-27-18-28(19-35(27)40(36)50-44(56)52-64(59,60)38-21-30-23-54-16-12-26(13-17-54)42(30)62-38)31-7-8-33(31)34-6-4-24-2-1-3-32(24)39(34)49-43(55)51-63(57,58)37-20-29-22-53-14-10-25(11-15-53)41(29)61-37/h4-6,9,20-21,25-26,28,31,33H,1-3,7-8,10-19,22-23H2,(H2,49,51,55)(H2,50,52,56). The lowest BCUT2D eigenvalue weighted by atomic mass is 9.63. The van der Waals surface area contributed by atoms with Crippen molar-refractivity contribution >= 4 is 43.5 Å². The molecule has 13 rings (SSSR count). The van der Waals surface area contributed by atoms with Crippen LogP contribution in [-0.2, 0) is 65.0 Å². The lowest BCUT2D eigenvalue weighted by molar-refractivity contribution is -0.137. The van der Waals surface area contributed by atoms with Gasteiger partial charge < -0.3 is 19.5 Å². The predicted molar refractivity (Wildman–Crippen MR) is 227 cm³/mol. The number of alkyl halides is 3. The highest BCUT2D eigenvalue weighted by molar-refractivity contribution is 7.90. The molecular formula is C45H49F3N6O8S2. The molecule has 3 atom stereocenters. The van der Waals surface area contributed by atoms with Gasteiger partial charge in [-0.3, -0.25) is 9.80 Å². The number of urea groups is 2. The molecule has 2 saturated heterocycles. The molecule has 2 aromatic carbocycles. The number of carbonyl (C=O) groups excluding carboxylic acids is 2. The Morgan fingerprint density at radius 2 is 1.20 bits per heavy atom. The quantitative estimate of drug-likeness (QED) is 0.137. The van der Waals surface area contributed by atoms with Crippen LogP contribution < -0.4 is 20.1 Å². The highest BCUT2D eigenvalue weighted by Gasteiger charge is 2.45. The smallest absolute Gasteiger partial charge is 0.418 e. The third-order valence-electron chi connectivity index (χ3n) is 15.1. The number of nitrogens with one attached hydrogen (secondary N) is 4. The summed E-state index contributed by atoms with van der Waals surface area (Å²) in [6, 6.07) is 7.04. The van der Waals surface area contributed by atoms with Crippen molar-refractivity contribution in [3.05, 3.63) is 92.4 Å². The second-order valence-electron chi connectivity index (χ2n) is 18.8. The van der Waals surface area contributed by atoms with E-state index < -0.39 is 54.6 Å². The Balaban J connectivity index is 0.814. The summed E-state index contributed by atoms with van der Waals surface area (Å²) in [7, 11) is -8.92. The minimum atomic E-state index is -4.85. The molecule has 3 unspecified atom stereocenters. The number of anilines is 2. The zero-order valence-corrected chi connectivity index (χ0v) is 36.6. The van der Waals surface area contributed by atoms with Crippen LogP contribution in [0, 0.1) is 11.8 Å². The maximum absolute atomic E-state index is 14.6. The summed E-state index contributed by atoms with van der Waals surface area (Å²) in [5.74, 6) is 1.20. The van der Waals surface area contributed by atoms with E-state index in [0.717, 1.165) is 111 Å². The number of halogens is 3. The maximum atomic E-state index is 14.6. The largest absolute Gasteiger partial charge is 0.447 e. The van der Waals surface area contributed by atoms with Gasteiger partial charge in [0, 0.05) is 53.9 Å². The fourth-order valence-electron chi connectivity index (χ4n) is 11.9. The molecule has 1 saturated carbocycles. The van der Waals surface area contributed by atoms with Crippen LogP contribution in [0.2, 0.25) is 0 Å².